The summed E-state index contributed by atoms with van der Waals surface area (Å²) in [5, 5.41) is 0. The zero-order valence-corrected chi connectivity index (χ0v) is 18.6. The minimum atomic E-state index is -4.13. The van der Waals surface area contributed by atoms with E-state index in [1.54, 1.807) is 12.1 Å². The highest BCUT2D eigenvalue weighted by Gasteiger charge is 2.32. The van der Waals surface area contributed by atoms with Crippen molar-refractivity contribution in [3.63, 3.8) is 0 Å². The van der Waals surface area contributed by atoms with Gasteiger partial charge in [-0.3, -0.25) is 0 Å². The summed E-state index contributed by atoms with van der Waals surface area (Å²) >= 11 is 0. The van der Waals surface area contributed by atoms with Gasteiger partial charge in [0.1, 0.15) is 0 Å². The lowest BCUT2D eigenvalue weighted by Crippen LogP contribution is -2.28. The topological polar surface area (TPSA) is 9.23 Å². The Hall–Kier alpha value is -1.03. The summed E-state index contributed by atoms with van der Waals surface area (Å²) in [6, 6.07) is 7.18. The maximum atomic E-state index is 12.5. The molecule has 0 unspecified atom stereocenters. The van der Waals surface area contributed by atoms with Crippen LogP contribution in [0, 0.1) is 11.8 Å². The molecule has 0 aliphatic heterocycles. The predicted molar refractivity (Wildman–Crippen MR) is 117 cm³/mol. The number of alkyl halides is 3. The molecule has 0 amide bonds. The Labute approximate surface area is 180 Å². The molecule has 0 atom stereocenters. The van der Waals surface area contributed by atoms with Crippen LogP contribution in [-0.2, 0) is 11.2 Å². The molecule has 0 spiro atoms. The fraction of sp³-hybridized carbons (Fsp3) is 0.769. The number of rotatable bonds is 9. The third kappa shape index (κ3) is 7.59. The van der Waals surface area contributed by atoms with Crippen LogP contribution in [0.15, 0.2) is 24.3 Å². The maximum Gasteiger partial charge on any atom is 0.393 e. The highest BCUT2D eigenvalue weighted by molar-refractivity contribution is 5.26. The number of unbranched alkanes of at least 4 members (excludes halogenated alkanes) is 3. The Morgan fingerprint density at radius 3 is 1.97 bits per heavy atom. The van der Waals surface area contributed by atoms with Gasteiger partial charge in [-0.25, -0.2) is 0 Å². The van der Waals surface area contributed by atoms with E-state index in [1.165, 1.54) is 82.6 Å². The third-order valence-corrected chi connectivity index (χ3v) is 7.36. The summed E-state index contributed by atoms with van der Waals surface area (Å²) in [7, 11) is 0. The summed E-state index contributed by atoms with van der Waals surface area (Å²) in [5.41, 5.74) is 1.59. The molecular formula is C26H39F3O. The first kappa shape index (κ1) is 23.6. The van der Waals surface area contributed by atoms with E-state index in [0.29, 0.717) is 17.6 Å². The molecule has 1 aromatic rings. The molecule has 30 heavy (non-hydrogen) atoms. The Balaban J connectivity index is 1.36. The monoisotopic (exact) mass is 424 g/mol. The number of halogens is 3. The van der Waals surface area contributed by atoms with Crippen LogP contribution >= 0.6 is 0 Å². The molecule has 2 aliphatic carbocycles. The van der Waals surface area contributed by atoms with Crippen molar-refractivity contribution in [3.05, 3.63) is 35.4 Å². The minimum absolute atomic E-state index is 0.365. The molecule has 2 aliphatic rings. The van der Waals surface area contributed by atoms with E-state index in [-0.39, 0.29) is 0 Å². The lowest BCUT2D eigenvalue weighted by Gasteiger charge is -2.38. The van der Waals surface area contributed by atoms with Crippen LogP contribution in [0.5, 0.6) is 0 Å². The van der Waals surface area contributed by atoms with Crippen LogP contribution in [0.1, 0.15) is 101 Å². The number of ether oxygens (including phenoxy) is 1. The molecule has 3 rings (SSSR count). The first-order chi connectivity index (χ1) is 14.4. The molecule has 0 aromatic heterocycles. The summed E-state index contributed by atoms with van der Waals surface area (Å²) in [5.74, 6) is 2.19. The Morgan fingerprint density at radius 1 is 0.800 bits per heavy atom. The van der Waals surface area contributed by atoms with E-state index in [2.05, 4.69) is 6.92 Å². The van der Waals surface area contributed by atoms with Gasteiger partial charge in [0, 0.05) is 6.61 Å². The van der Waals surface area contributed by atoms with E-state index in [0.717, 1.165) is 18.4 Å². The normalized spacial score (nSPS) is 27.9. The molecule has 0 bridgehead atoms. The second-order valence-electron chi connectivity index (χ2n) is 9.61. The molecule has 4 heteroatoms. The summed E-state index contributed by atoms with van der Waals surface area (Å²) < 4.78 is 43.7. The van der Waals surface area contributed by atoms with Crippen LogP contribution < -0.4 is 0 Å². The Kier molecular flexibility index (Phi) is 9.10. The highest BCUT2D eigenvalue weighted by Crippen LogP contribution is 2.43. The maximum absolute atomic E-state index is 12.5. The molecule has 1 aromatic carbocycles. The fourth-order valence-electron chi connectivity index (χ4n) is 5.57. The second kappa shape index (κ2) is 11.5. The van der Waals surface area contributed by atoms with Gasteiger partial charge in [0.15, 0.2) is 0 Å². The van der Waals surface area contributed by atoms with Crippen LogP contribution in [0.25, 0.3) is 0 Å². The zero-order chi connectivity index (χ0) is 21.4. The highest BCUT2D eigenvalue weighted by atomic mass is 19.4. The number of benzene rings is 1. The first-order valence-corrected chi connectivity index (χ1v) is 12.2. The van der Waals surface area contributed by atoms with Gasteiger partial charge in [0.05, 0.1) is 12.5 Å². The zero-order valence-electron chi connectivity index (χ0n) is 18.6. The van der Waals surface area contributed by atoms with E-state index < -0.39 is 12.6 Å². The quantitative estimate of drug-likeness (QED) is 0.363. The molecule has 0 saturated heterocycles. The minimum Gasteiger partial charge on any atom is -0.378 e. The van der Waals surface area contributed by atoms with Crippen molar-refractivity contribution < 1.29 is 17.9 Å². The van der Waals surface area contributed by atoms with Gasteiger partial charge in [-0.2, -0.15) is 13.2 Å². The lowest BCUT2D eigenvalue weighted by atomic mass is 9.69. The average Bonchev–Trinajstić information content (AvgIpc) is 2.74. The summed E-state index contributed by atoms with van der Waals surface area (Å²) in [6.07, 6.45) is 10.6. The largest absolute Gasteiger partial charge is 0.393 e. The predicted octanol–water partition coefficient (Wildman–Crippen LogP) is 8.22. The average molecular weight is 425 g/mol. The van der Waals surface area contributed by atoms with Crippen molar-refractivity contribution >= 4 is 0 Å². The number of hydrogen-bond donors (Lipinski definition) is 0. The van der Waals surface area contributed by atoms with Gasteiger partial charge in [0.25, 0.3) is 0 Å². The van der Waals surface area contributed by atoms with E-state index in [1.807, 2.05) is 12.1 Å². The van der Waals surface area contributed by atoms with Crippen LogP contribution in [0.2, 0.25) is 0 Å². The van der Waals surface area contributed by atoms with E-state index in [4.69, 9.17) is 4.74 Å². The molecule has 0 radical (unpaired) electrons. The van der Waals surface area contributed by atoms with Crippen molar-refractivity contribution in [2.24, 2.45) is 11.8 Å². The van der Waals surface area contributed by atoms with Crippen LogP contribution in [-0.4, -0.2) is 18.9 Å². The molecular weight excluding hydrogens is 385 g/mol. The smallest absolute Gasteiger partial charge is 0.378 e. The van der Waals surface area contributed by atoms with E-state index in [9.17, 15) is 13.2 Å². The van der Waals surface area contributed by atoms with E-state index >= 15 is 0 Å². The number of hydrogen-bond acceptors (Lipinski definition) is 1. The Morgan fingerprint density at radius 2 is 1.40 bits per heavy atom. The third-order valence-electron chi connectivity index (χ3n) is 7.36. The van der Waals surface area contributed by atoms with Crippen molar-refractivity contribution in [1.29, 1.82) is 0 Å². The molecule has 0 heterocycles. The summed E-state index contributed by atoms with van der Waals surface area (Å²) in [4.78, 5) is 0. The molecule has 2 fully saturated rings. The van der Waals surface area contributed by atoms with Gasteiger partial charge >= 0.3 is 6.18 Å². The van der Waals surface area contributed by atoms with Gasteiger partial charge in [-0.05, 0) is 86.7 Å². The van der Waals surface area contributed by atoms with Crippen LogP contribution in [0.3, 0.4) is 0 Å². The standard InChI is InChI=1S/C26H39F3O/c1-2-3-4-5-18-30-25-16-14-24(15-17-25)23-12-10-22(11-13-23)21-8-6-20(7-9-21)19-26(27,28)29/h6-9,22-25H,2-5,10-19H2,1H3/t22?,23?,24-,25-. The molecule has 170 valence electrons. The molecule has 0 N–H and O–H groups in total. The molecule has 2 saturated carbocycles. The Bertz CT molecular complexity index is 594. The van der Waals surface area contributed by atoms with Crippen LogP contribution in [0.4, 0.5) is 13.2 Å². The lowest BCUT2D eigenvalue weighted by molar-refractivity contribution is -0.127. The fourth-order valence-corrected chi connectivity index (χ4v) is 5.57. The van der Waals surface area contributed by atoms with Gasteiger partial charge in [-0.15, -0.1) is 0 Å². The van der Waals surface area contributed by atoms with Gasteiger partial charge < -0.3 is 4.74 Å². The first-order valence-electron chi connectivity index (χ1n) is 12.2. The van der Waals surface area contributed by atoms with Crippen molar-refractivity contribution in [3.8, 4) is 0 Å². The van der Waals surface area contributed by atoms with Crippen molar-refractivity contribution in [2.45, 2.75) is 109 Å². The second-order valence-corrected chi connectivity index (χ2v) is 9.61. The van der Waals surface area contributed by atoms with Crippen molar-refractivity contribution in [1.82, 2.24) is 0 Å². The van der Waals surface area contributed by atoms with Gasteiger partial charge in [-0.1, -0.05) is 50.5 Å². The van der Waals surface area contributed by atoms with Gasteiger partial charge in [0.2, 0.25) is 0 Å². The SMILES string of the molecule is CCCCCCO[C@H]1CC[C@H](C2CCC(c3ccc(CC(F)(F)F)cc3)CC2)CC1. The summed E-state index contributed by atoms with van der Waals surface area (Å²) in [6.45, 7) is 3.17. The molecule has 1 nitrogen and oxygen atoms in total. The van der Waals surface area contributed by atoms with Crippen molar-refractivity contribution in [2.75, 3.05) is 6.61 Å².